The minimum Gasteiger partial charge on any atom is -0.437 e. The molecule has 4 rings (SSSR count). The normalized spacial score (nSPS) is 17.8. The second-order valence-electron chi connectivity index (χ2n) is 6.82. The first-order valence-electron chi connectivity index (χ1n) is 8.19. The lowest BCUT2D eigenvalue weighted by atomic mass is 10.0. The largest absolute Gasteiger partial charge is 0.437 e. The molecule has 2 heterocycles. The van der Waals surface area contributed by atoms with Crippen LogP contribution in [-0.2, 0) is 21.6 Å². The number of hydrogen-bond donors (Lipinski definition) is 0. The van der Waals surface area contributed by atoms with Gasteiger partial charge in [-0.2, -0.15) is 18.2 Å². The Kier molecular flexibility index (Phi) is 3.77. The molecule has 1 saturated carbocycles. The molecule has 148 valence electrons. The first-order chi connectivity index (χ1) is 12.9. The number of benzene rings is 1. The summed E-state index contributed by atoms with van der Waals surface area (Å²) in [5.74, 6) is -1.45. The van der Waals surface area contributed by atoms with E-state index in [1.165, 1.54) is 6.07 Å². The van der Waals surface area contributed by atoms with Crippen LogP contribution < -0.4 is 4.74 Å². The molecular weight excluding hydrogens is 399 g/mol. The maximum absolute atomic E-state index is 13.3. The SMILES string of the molecule is CN1C(=O)c2c(Oc3nc(S(C)(=O)=O)ncc3C(F)(F)F)cccc2C12CC2. The number of carbonyl (C=O) groups excluding carboxylic acids is 1. The number of amides is 1. The minimum atomic E-state index is -4.87. The van der Waals surface area contributed by atoms with Crippen molar-refractivity contribution in [1.29, 1.82) is 0 Å². The molecule has 1 aromatic carbocycles. The van der Waals surface area contributed by atoms with Crippen LogP contribution in [0.25, 0.3) is 0 Å². The predicted molar refractivity (Wildman–Crippen MR) is 89.7 cm³/mol. The number of hydrogen-bond acceptors (Lipinski definition) is 6. The van der Waals surface area contributed by atoms with Gasteiger partial charge < -0.3 is 9.64 Å². The highest BCUT2D eigenvalue weighted by Gasteiger charge is 2.57. The summed E-state index contributed by atoms with van der Waals surface area (Å²) >= 11 is 0. The molecule has 1 aliphatic heterocycles. The molecular formula is C17H14F3N3O4S. The van der Waals surface area contributed by atoms with Crippen LogP contribution in [0.1, 0.15) is 34.3 Å². The molecule has 28 heavy (non-hydrogen) atoms. The molecule has 1 fully saturated rings. The zero-order chi connectivity index (χ0) is 20.5. The van der Waals surface area contributed by atoms with Gasteiger partial charge in [-0.25, -0.2) is 13.4 Å². The van der Waals surface area contributed by atoms with Crippen LogP contribution in [0.5, 0.6) is 11.6 Å². The second kappa shape index (κ2) is 5.66. The number of halogens is 3. The van der Waals surface area contributed by atoms with Crippen molar-refractivity contribution in [1.82, 2.24) is 14.9 Å². The number of nitrogens with zero attached hydrogens (tertiary/aromatic N) is 3. The molecule has 1 aromatic heterocycles. The van der Waals surface area contributed by atoms with Crippen LogP contribution >= 0.6 is 0 Å². The van der Waals surface area contributed by atoms with Gasteiger partial charge in [-0.05, 0) is 24.5 Å². The molecule has 2 aromatic rings. The predicted octanol–water partition coefficient (Wildman–Crippen LogP) is 2.77. The van der Waals surface area contributed by atoms with E-state index in [1.807, 2.05) is 0 Å². The van der Waals surface area contributed by atoms with Gasteiger partial charge >= 0.3 is 6.18 Å². The Labute approximate surface area is 158 Å². The van der Waals surface area contributed by atoms with Crippen molar-refractivity contribution in [3.8, 4) is 11.6 Å². The monoisotopic (exact) mass is 413 g/mol. The Balaban J connectivity index is 1.85. The van der Waals surface area contributed by atoms with E-state index in [0.717, 1.165) is 19.1 Å². The third-order valence-electron chi connectivity index (χ3n) is 4.99. The minimum absolute atomic E-state index is 0.109. The maximum atomic E-state index is 13.3. The molecule has 0 atom stereocenters. The van der Waals surface area contributed by atoms with Crippen LogP contribution in [0.4, 0.5) is 13.2 Å². The van der Waals surface area contributed by atoms with E-state index in [-0.39, 0.29) is 17.2 Å². The summed E-state index contributed by atoms with van der Waals surface area (Å²) < 4.78 is 68.7. The lowest BCUT2D eigenvalue weighted by Gasteiger charge is -2.18. The summed E-state index contributed by atoms with van der Waals surface area (Å²) in [4.78, 5) is 21.0. The summed E-state index contributed by atoms with van der Waals surface area (Å²) in [5, 5.41) is -0.801. The van der Waals surface area contributed by atoms with Crippen LogP contribution in [0.15, 0.2) is 29.6 Å². The van der Waals surface area contributed by atoms with E-state index >= 15 is 0 Å². The molecule has 2 aliphatic rings. The summed E-state index contributed by atoms with van der Waals surface area (Å²) in [5.41, 5.74) is -0.932. The molecule has 0 saturated heterocycles. The van der Waals surface area contributed by atoms with Gasteiger partial charge in [0, 0.05) is 19.5 Å². The molecule has 0 unspecified atom stereocenters. The number of sulfone groups is 1. The Bertz CT molecular complexity index is 1110. The highest BCUT2D eigenvalue weighted by Crippen LogP contribution is 2.57. The number of carbonyl (C=O) groups is 1. The van der Waals surface area contributed by atoms with Gasteiger partial charge in [-0.1, -0.05) is 12.1 Å². The van der Waals surface area contributed by atoms with Gasteiger partial charge in [0.1, 0.15) is 11.3 Å². The van der Waals surface area contributed by atoms with E-state index in [2.05, 4.69) is 9.97 Å². The zero-order valence-electron chi connectivity index (χ0n) is 14.7. The van der Waals surface area contributed by atoms with Gasteiger partial charge in [0.15, 0.2) is 0 Å². The number of ether oxygens (including phenoxy) is 1. The van der Waals surface area contributed by atoms with Crippen molar-refractivity contribution in [2.45, 2.75) is 29.7 Å². The molecule has 1 spiro atoms. The third-order valence-corrected chi connectivity index (χ3v) is 5.85. The van der Waals surface area contributed by atoms with Crippen molar-refractivity contribution >= 4 is 15.7 Å². The number of aromatic nitrogens is 2. The zero-order valence-corrected chi connectivity index (χ0v) is 15.6. The Hall–Kier alpha value is -2.69. The van der Waals surface area contributed by atoms with E-state index in [0.29, 0.717) is 11.8 Å². The molecule has 7 nitrogen and oxygen atoms in total. The second-order valence-corrected chi connectivity index (χ2v) is 8.73. The van der Waals surface area contributed by atoms with Crippen molar-refractivity contribution in [3.05, 3.63) is 41.1 Å². The lowest BCUT2D eigenvalue weighted by molar-refractivity contribution is -0.139. The molecule has 0 radical (unpaired) electrons. The van der Waals surface area contributed by atoms with Crippen molar-refractivity contribution in [2.24, 2.45) is 0 Å². The van der Waals surface area contributed by atoms with E-state index < -0.39 is 38.2 Å². The van der Waals surface area contributed by atoms with Gasteiger partial charge in [0.25, 0.3) is 5.91 Å². The van der Waals surface area contributed by atoms with Crippen LogP contribution in [-0.4, -0.2) is 42.5 Å². The lowest BCUT2D eigenvalue weighted by Crippen LogP contribution is -2.28. The summed E-state index contributed by atoms with van der Waals surface area (Å²) in [7, 11) is -2.33. The summed E-state index contributed by atoms with van der Waals surface area (Å²) in [6.07, 6.45) is -2.23. The van der Waals surface area contributed by atoms with Crippen LogP contribution in [0, 0.1) is 0 Å². The third kappa shape index (κ3) is 2.72. The molecule has 0 bridgehead atoms. The van der Waals surface area contributed by atoms with Crippen LogP contribution in [0.3, 0.4) is 0 Å². The van der Waals surface area contributed by atoms with Crippen molar-refractivity contribution in [2.75, 3.05) is 13.3 Å². The van der Waals surface area contributed by atoms with E-state index in [9.17, 15) is 26.4 Å². The quantitative estimate of drug-likeness (QED) is 0.719. The first-order valence-corrected chi connectivity index (χ1v) is 10.1. The number of fused-ring (bicyclic) bond motifs is 2. The number of rotatable bonds is 3. The van der Waals surface area contributed by atoms with Gasteiger partial charge in [0.2, 0.25) is 20.9 Å². The summed E-state index contributed by atoms with van der Waals surface area (Å²) in [6, 6.07) is 4.67. The average Bonchev–Trinajstić information content (AvgIpc) is 3.36. The van der Waals surface area contributed by atoms with Gasteiger partial charge in [-0.3, -0.25) is 4.79 Å². The average molecular weight is 413 g/mol. The Morgan fingerprint density at radius 2 is 1.93 bits per heavy atom. The fourth-order valence-corrected chi connectivity index (χ4v) is 3.89. The molecule has 11 heteroatoms. The molecule has 0 N–H and O–H groups in total. The first kappa shape index (κ1) is 18.7. The van der Waals surface area contributed by atoms with E-state index in [1.54, 1.807) is 24.1 Å². The van der Waals surface area contributed by atoms with Crippen molar-refractivity contribution in [3.63, 3.8) is 0 Å². The van der Waals surface area contributed by atoms with Gasteiger partial charge in [-0.15, -0.1) is 0 Å². The highest BCUT2D eigenvalue weighted by atomic mass is 32.2. The maximum Gasteiger partial charge on any atom is 0.423 e. The highest BCUT2D eigenvalue weighted by molar-refractivity contribution is 7.90. The Morgan fingerprint density at radius 3 is 2.50 bits per heavy atom. The van der Waals surface area contributed by atoms with Crippen molar-refractivity contribution < 1.29 is 31.1 Å². The van der Waals surface area contributed by atoms with Crippen LogP contribution in [0.2, 0.25) is 0 Å². The van der Waals surface area contributed by atoms with Gasteiger partial charge in [0.05, 0.1) is 11.1 Å². The Morgan fingerprint density at radius 1 is 1.25 bits per heavy atom. The fourth-order valence-electron chi connectivity index (χ4n) is 3.40. The topological polar surface area (TPSA) is 89.5 Å². The molecule has 1 amide bonds. The van der Waals surface area contributed by atoms with E-state index in [4.69, 9.17) is 4.74 Å². The number of alkyl halides is 3. The smallest absolute Gasteiger partial charge is 0.423 e. The standard InChI is InChI=1S/C17H14F3N3O4S/c1-23-14(24)12-9(16(23)6-7-16)4-3-5-11(12)27-13-10(17(18,19)20)8-21-15(22-13)28(2,25)26/h3-5,8H,6-7H2,1-2H3. The summed E-state index contributed by atoms with van der Waals surface area (Å²) in [6.45, 7) is 0. The molecule has 1 aliphatic carbocycles. The fraction of sp³-hybridized carbons (Fsp3) is 0.353.